The van der Waals surface area contributed by atoms with Crippen LogP contribution in [0, 0.1) is 5.92 Å². The predicted molar refractivity (Wildman–Crippen MR) is 78.4 cm³/mol. The van der Waals surface area contributed by atoms with Crippen molar-refractivity contribution in [2.24, 2.45) is 5.92 Å². The van der Waals surface area contributed by atoms with Gasteiger partial charge in [0.2, 0.25) is 0 Å². The summed E-state index contributed by atoms with van der Waals surface area (Å²) in [5.74, 6) is 1.63. The Labute approximate surface area is 121 Å². The lowest BCUT2D eigenvalue weighted by Gasteiger charge is -2.26. The topological polar surface area (TPSA) is 55.2 Å². The molecule has 0 saturated carbocycles. The summed E-state index contributed by atoms with van der Waals surface area (Å²) in [7, 11) is 0. The molecule has 0 amide bonds. The second-order valence-electron chi connectivity index (χ2n) is 5.74. The van der Waals surface area contributed by atoms with Crippen LogP contribution in [0.5, 0.6) is 0 Å². The zero-order chi connectivity index (χ0) is 14.2. The van der Waals surface area contributed by atoms with E-state index in [-0.39, 0.29) is 0 Å². The molecule has 1 fully saturated rings. The molecular weight excluding hydrogens is 254 g/mol. The zero-order valence-corrected chi connectivity index (χ0v) is 12.7. The van der Waals surface area contributed by atoms with E-state index in [2.05, 4.69) is 34.1 Å². The quantitative estimate of drug-likeness (QED) is 0.713. The van der Waals surface area contributed by atoms with Crippen molar-refractivity contribution >= 4 is 0 Å². The molecule has 2 rings (SSSR count). The van der Waals surface area contributed by atoms with E-state index in [9.17, 15) is 0 Å². The first-order chi connectivity index (χ1) is 9.75. The molecular formula is C14H27N5O. The number of aromatic nitrogens is 3. The van der Waals surface area contributed by atoms with Crippen LogP contribution < -0.4 is 5.32 Å². The van der Waals surface area contributed by atoms with E-state index in [0.29, 0.717) is 5.92 Å². The van der Waals surface area contributed by atoms with Gasteiger partial charge in [-0.15, -0.1) is 0 Å². The SMILES string of the molecule is CC(C)Cn1ncnc1CNCCCN1CCOCC1. The fourth-order valence-electron chi connectivity index (χ4n) is 2.38. The molecule has 0 aliphatic carbocycles. The summed E-state index contributed by atoms with van der Waals surface area (Å²) >= 11 is 0. The highest BCUT2D eigenvalue weighted by molar-refractivity contribution is 4.84. The van der Waals surface area contributed by atoms with E-state index in [1.54, 1.807) is 6.33 Å². The molecule has 0 atom stereocenters. The normalized spacial score (nSPS) is 16.9. The van der Waals surface area contributed by atoms with Crippen LogP contribution in [0.1, 0.15) is 26.1 Å². The molecule has 0 radical (unpaired) electrons. The van der Waals surface area contributed by atoms with E-state index in [1.165, 1.54) is 0 Å². The number of morpholine rings is 1. The number of hydrogen-bond acceptors (Lipinski definition) is 5. The van der Waals surface area contributed by atoms with E-state index >= 15 is 0 Å². The van der Waals surface area contributed by atoms with Gasteiger partial charge in [0.25, 0.3) is 0 Å². The minimum absolute atomic E-state index is 0.594. The molecule has 0 spiro atoms. The minimum Gasteiger partial charge on any atom is -0.379 e. The Bertz CT molecular complexity index is 373. The third-order valence-corrected chi connectivity index (χ3v) is 3.45. The molecule has 1 aromatic rings. The van der Waals surface area contributed by atoms with Crippen molar-refractivity contribution in [2.75, 3.05) is 39.4 Å². The van der Waals surface area contributed by atoms with Crippen LogP contribution in [-0.4, -0.2) is 59.1 Å². The van der Waals surface area contributed by atoms with Gasteiger partial charge >= 0.3 is 0 Å². The zero-order valence-electron chi connectivity index (χ0n) is 12.7. The predicted octanol–water partition coefficient (Wildman–Crippen LogP) is 0.746. The Kier molecular flexibility index (Phi) is 6.42. The second kappa shape index (κ2) is 8.34. The number of hydrogen-bond donors (Lipinski definition) is 1. The van der Waals surface area contributed by atoms with Crippen LogP contribution in [0.3, 0.4) is 0 Å². The van der Waals surface area contributed by atoms with Gasteiger partial charge in [-0.1, -0.05) is 13.8 Å². The van der Waals surface area contributed by atoms with E-state index < -0.39 is 0 Å². The van der Waals surface area contributed by atoms with Crippen LogP contribution in [0.4, 0.5) is 0 Å². The highest BCUT2D eigenvalue weighted by atomic mass is 16.5. The first-order valence-corrected chi connectivity index (χ1v) is 7.63. The van der Waals surface area contributed by atoms with Gasteiger partial charge in [0.15, 0.2) is 0 Å². The number of nitrogens with one attached hydrogen (secondary N) is 1. The van der Waals surface area contributed by atoms with Gasteiger partial charge in [-0.3, -0.25) is 4.90 Å². The Balaban J connectivity index is 1.59. The summed E-state index contributed by atoms with van der Waals surface area (Å²) in [5, 5.41) is 7.73. The van der Waals surface area contributed by atoms with E-state index in [1.807, 2.05) is 4.68 Å². The molecule has 1 saturated heterocycles. The Hall–Kier alpha value is -0.980. The summed E-state index contributed by atoms with van der Waals surface area (Å²) in [4.78, 5) is 6.78. The molecule has 6 heteroatoms. The minimum atomic E-state index is 0.594. The van der Waals surface area contributed by atoms with Gasteiger partial charge in [-0.2, -0.15) is 5.10 Å². The maximum atomic E-state index is 5.35. The van der Waals surface area contributed by atoms with Gasteiger partial charge in [-0.25, -0.2) is 9.67 Å². The smallest absolute Gasteiger partial charge is 0.140 e. The van der Waals surface area contributed by atoms with Gasteiger partial charge in [0.05, 0.1) is 19.8 Å². The molecule has 2 heterocycles. The Morgan fingerprint density at radius 2 is 2.15 bits per heavy atom. The first kappa shape index (κ1) is 15.4. The molecule has 1 aromatic heterocycles. The summed E-state index contributed by atoms with van der Waals surface area (Å²) in [6.45, 7) is 12.2. The van der Waals surface area contributed by atoms with Crippen molar-refractivity contribution < 1.29 is 4.74 Å². The fraction of sp³-hybridized carbons (Fsp3) is 0.857. The van der Waals surface area contributed by atoms with Crippen LogP contribution in [-0.2, 0) is 17.8 Å². The lowest BCUT2D eigenvalue weighted by Crippen LogP contribution is -2.37. The molecule has 6 nitrogen and oxygen atoms in total. The van der Waals surface area contributed by atoms with Gasteiger partial charge in [0, 0.05) is 19.6 Å². The molecule has 20 heavy (non-hydrogen) atoms. The van der Waals surface area contributed by atoms with Crippen molar-refractivity contribution in [1.29, 1.82) is 0 Å². The Morgan fingerprint density at radius 3 is 2.90 bits per heavy atom. The molecule has 1 N–H and O–H groups in total. The molecule has 0 bridgehead atoms. The van der Waals surface area contributed by atoms with Crippen molar-refractivity contribution in [1.82, 2.24) is 25.0 Å². The van der Waals surface area contributed by atoms with Crippen molar-refractivity contribution in [3.63, 3.8) is 0 Å². The third-order valence-electron chi connectivity index (χ3n) is 3.45. The first-order valence-electron chi connectivity index (χ1n) is 7.63. The van der Waals surface area contributed by atoms with E-state index in [0.717, 1.165) is 64.7 Å². The highest BCUT2D eigenvalue weighted by Gasteiger charge is 2.09. The van der Waals surface area contributed by atoms with Crippen molar-refractivity contribution in [2.45, 2.75) is 33.4 Å². The molecule has 0 unspecified atom stereocenters. The van der Waals surface area contributed by atoms with Crippen LogP contribution in [0.15, 0.2) is 6.33 Å². The second-order valence-corrected chi connectivity index (χ2v) is 5.74. The summed E-state index contributed by atoms with van der Waals surface area (Å²) < 4.78 is 7.35. The summed E-state index contributed by atoms with van der Waals surface area (Å²) in [5.41, 5.74) is 0. The van der Waals surface area contributed by atoms with Gasteiger partial charge in [0.1, 0.15) is 12.2 Å². The number of nitrogens with zero attached hydrogens (tertiary/aromatic N) is 4. The molecule has 114 valence electrons. The maximum Gasteiger partial charge on any atom is 0.140 e. The average Bonchev–Trinajstić information content (AvgIpc) is 2.86. The van der Waals surface area contributed by atoms with Crippen LogP contribution in [0.2, 0.25) is 0 Å². The molecule has 1 aliphatic rings. The van der Waals surface area contributed by atoms with Gasteiger partial charge in [-0.05, 0) is 25.4 Å². The van der Waals surface area contributed by atoms with Crippen molar-refractivity contribution in [3.8, 4) is 0 Å². The van der Waals surface area contributed by atoms with Crippen LogP contribution >= 0.6 is 0 Å². The number of rotatable bonds is 8. The molecule has 0 aromatic carbocycles. The third kappa shape index (κ3) is 5.19. The van der Waals surface area contributed by atoms with Gasteiger partial charge < -0.3 is 10.1 Å². The summed E-state index contributed by atoms with van der Waals surface area (Å²) in [6.07, 6.45) is 2.81. The standard InChI is InChI=1S/C14H27N5O/c1-13(2)11-19-14(16-12-17-19)10-15-4-3-5-18-6-8-20-9-7-18/h12-13,15H,3-11H2,1-2H3. The average molecular weight is 281 g/mol. The lowest BCUT2D eigenvalue weighted by molar-refractivity contribution is 0.0374. The monoisotopic (exact) mass is 281 g/mol. The maximum absolute atomic E-state index is 5.35. The van der Waals surface area contributed by atoms with Crippen LogP contribution in [0.25, 0.3) is 0 Å². The fourth-order valence-corrected chi connectivity index (χ4v) is 2.38. The Morgan fingerprint density at radius 1 is 1.35 bits per heavy atom. The van der Waals surface area contributed by atoms with Crippen molar-refractivity contribution in [3.05, 3.63) is 12.2 Å². The largest absolute Gasteiger partial charge is 0.379 e. The summed E-state index contributed by atoms with van der Waals surface area (Å²) in [6, 6.07) is 0. The molecule has 1 aliphatic heterocycles. The van der Waals surface area contributed by atoms with E-state index in [4.69, 9.17) is 4.74 Å². The highest BCUT2D eigenvalue weighted by Crippen LogP contribution is 2.01. The lowest BCUT2D eigenvalue weighted by atomic mass is 10.2. The number of ether oxygens (including phenoxy) is 1.